The lowest BCUT2D eigenvalue weighted by atomic mass is 10.1. The first-order valence-corrected chi connectivity index (χ1v) is 10.5. The molecule has 0 fully saturated rings. The van der Waals surface area contributed by atoms with Crippen LogP contribution in [0.4, 0.5) is 11.4 Å². The number of carbonyl (C=O) groups is 3. The van der Waals surface area contributed by atoms with Crippen molar-refractivity contribution in [2.24, 2.45) is 0 Å². The number of carbonyl (C=O) groups excluding carboxylic acids is 3. The predicted molar refractivity (Wildman–Crippen MR) is 123 cm³/mol. The highest BCUT2D eigenvalue weighted by atomic mass is 16.5. The van der Waals surface area contributed by atoms with Crippen LogP contribution in [0.2, 0.25) is 0 Å². The van der Waals surface area contributed by atoms with Gasteiger partial charge >= 0.3 is 5.97 Å². The minimum Gasteiger partial charge on any atom is -0.449 e. The standard InChI is InChI=1S/C26H24N2O4/c1-18(24(29)28-17-16-19-10-6-9-15-23(19)28)32-26(31)22-14-8-7-13-21(22)25(30)27(2)20-11-4-3-5-12-20/h3-15,18H,16-17H2,1-2H3/t18-/m1/s1. The molecule has 0 radical (unpaired) electrons. The summed E-state index contributed by atoms with van der Waals surface area (Å²) < 4.78 is 5.50. The summed E-state index contributed by atoms with van der Waals surface area (Å²) >= 11 is 0. The highest BCUT2D eigenvalue weighted by Gasteiger charge is 2.31. The van der Waals surface area contributed by atoms with Crippen molar-refractivity contribution in [2.75, 3.05) is 23.4 Å². The predicted octanol–water partition coefficient (Wildman–Crippen LogP) is 4.10. The SMILES string of the molecule is C[C@@H](OC(=O)c1ccccc1C(=O)N(C)c1ccccc1)C(=O)N1CCc2ccccc21. The number of nitrogens with zero attached hydrogens (tertiary/aromatic N) is 2. The van der Waals surface area contributed by atoms with Crippen molar-refractivity contribution in [3.05, 3.63) is 95.6 Å². The van der Waals surface area contributed by atoms with Gasteiger partial charge in [0.25, 0.3) is 11.8 Å². The van der Waals surface area contributed by atoms with Crippen molar-refractivity contribution in [3.8, 4) is 0 Å². The van der Waals surface area contributed by atoms with E-state index in [-0.39, 0.29) is 22.9 Å². The molecule has 0 aromatic heterocycles. The fourth-order valence-corrected chi connectivity index (χ4v) is 3.86. The third-order valence-corrected chi connectivity index (χ3v) is 5.61. The Morgan fingerprint density at radius 2 is 1.50 bits per heavy atom. The maximum absolute atomic E-state index is 13.1. The molecular weight excluding hydrogens is 404 g/mol. The van der Waals surface area contributed by atoms with Gasteiger partial charge in [-0.15, -0.1) is 0 Å². The Labute approximate surface area is 187 Å². The summed E-state index contributed by atoms with van der Waals surface area (Å²) in [5.74, 6) is -1.33. The van der Waals surface area contributed by atoms with E-state index in [1.54, 1.807) is 37.1 Å². The van der Waals surface area contributed by atoms with Crippen LogP contribution in [0.15, 0.2) is 78.9 Å². The molecule has 1 aliphatic heterocycles. The number of esters is 1. The summed E-state index contributed by atoms with van der Waals surface area (Å²) in [5.41, 5.74) is 2.99. The van der Waals surface area contributed by atoms with Gasteiger partial charge in [-0.1, -0.05) is 48.5 Å². The molecule has 0 bridgehead atoms. The maximum Gasteiger partial charge on any atom is 0.339 e. The summed E-state index contributed by atoms with van der Waals surface area (Å²) in [7, 11) is 1.65. The van der Waals surface area contributed by atoms with E-state index in [1.165, 1.54) is 11.0 Å². The molecule has 3 aromatic rings. The molecule has 4 rings (SSSR count). The third kappa shape index (κ3) is 4.12. The van der Waals surface area contributed by atoms with Crippen molar-refractivity contribution in [1.29, 1.82) is 0 Å². The number of amides is 2. The van der Waals surface area contributed by atoms with Gasteiger partial charge in [-0.25, -0.2) is 4.79 Å². The third-order valence-electron chi connectivity index (χ3n) is 5.61. The zero-order chi connectivity index (χ0) is 22.7. The van der Waals surface area contributed by atoms with Crippen LogP contribution in [0.25, 0.3) is 0 Å². The number of para-hydroxylation sites is 2. The van der Waals surface area contributed by atoms with Gasteiger partial charge in [0.15, 0.2) is 6.10 Å². The topological polar surface area (TPSA) is 66.9 Å². The van der Waals surface area contributed by atoms with Crippen LogP contribution in [0.1, 0.15) is 33.2 Å². The van der Waals surface area contributed by atoms with E-state index in [9.17, 15) is 14.4 Å². The zero-order valence-electron chi connectivity index (χ0n) is 18.0. The molecule has 6 nitrogen and oxygen atoms in total. The lowest BCUT2D eigenvalue weighted by Gasteiger charge is -2.22. The van der Waals surface area contributed by atoms with Gasteiger partial charge in [-0.05, 0) is 49.2 Å². The Morgan fingerprint density at radius 1 is 0.875 bits per heavy atom. The van der Waals surface area contributed by atoms with E-state index in [0.29, 0.717) is 12.2 Å². The quantitative estimate of drug-likeness (QED) is 0.574. The van der Waals surface area contributed by atoms with E-state index in [1.807, 2.05) is 54.6 Å². The summed E-state index contributed by atoms with van der Waals surface area (Å²) in [5, 5.41) is 0. The largest absolute Gasteiger partial charge is 0.449 e. The fraction of sp³-hybridized carbons (Fsp3) is 0.192. The second-order valence-corrected chi connectivity index (χ2v) is 7.66. The lowest BCUT2D eigenvalue weighted by molar-refractivity contribution is -0.126. The molecular formula is C26H24N2O4. The Bertz CT molecular complexity index is 1160. The van der Waals surface area contributed by atoms with Crippen molar-refractivity contribution in [2.45, 2.75) is 19.4 Å². The van der Waals surface area contributed by atoms with Gasteiger partial charge in [0.2, 0.25) is 0 Å². The van der Waals surface area contributed by atoms with Crippen molar-refractivity contribution < 1.29 is 19.1 Å². The summed E-state index contributed by atoms with van der Waals surface area (Å²) in [6.45, 7) is 2.11. The summed E-state index contributed by atoms with van der Waals surface area (Å²) in [6.07, 6.45) is -0.213. The molecule has 1 atom stereocenters. The molecule has 0 unspecified atom stereocenters. The van der Waals surface area contributed by atoms with Gasteiger partial charge in [0.05, 0.1) is 11.1 Å². The first kappa shape index (κ1) is 21.3. The molecule has 0 spiro atoms. The van der Waals surface area contributed by atoms with E-state index >= 15 is 0 Å². The van der Waals surface area contributed by atoms with Gasteiger partial charge in [0, 0.05) is 25.0 Å². The average molecular weight is 428 g/mol. The summed E-state index contributed by atoms with van der Waals surface area (Å²) in [4.78, 5) is 42.1. The van der Waals surface area contributed by atoms with Crippen LogP contribution in [-0.2, 0) is 16.0 Å². The Morgan fingerprint density at radius 3 is 2.25 bits per heavy atom. The van der Waals surface area contributed by atoms with E-state index in [0.717, 1.165) is 17.7 Å². The molecule has 0 N–H and O–H groups in total. The van der Waals surface area contributed by atoms with Crippen molar-refractivity contribution >= 4 is 29.2 Å². The Kier molecular flexibility index (Phi) is 6.03. The van der Waals surface area contributed by atoms with Crippen LogP contribution in [0.5, 0.6) is 0 Å². The highest BCUT2D eigenvalue weighted by molar-refractivity contribution is 6.12. The number of ether oxygens (including phenoxy) is 1. The lowest BCUT2D eigenvalue weighted by Crippen LogP contribution is -2.39. The molecule has 1 heterocycles. The number of rotatable bonds is 5. The number of hydrogen-bond donors (Lipinski definition) is 0. The van der Waals surface area contributed by atoms with Crippen molar-refractivity contribution in [1.82, 2.24) is 0 Å². The monoisotopic (exact) mass is 428 g/mol. The molecule has 32 heavy (non-hydrogen) atoms. The second-order valence-electron chi connectivity index (χ2n) is 7.66. The number of hydrogen-bond acceptors (Lipinski definition) is 4. The summed E-state index contributed by atoms with van der Waals surface area (Å²) in [6, 6.07) is 23.3. The molecule has 162 valence electrons. The van der Waals surface area contributed by atoms with Crippen LogP contribution in [0, 0.1) is 0 Å². The molecule has 0 aliphatic carbocycles. The molecule has 1 aliphatic rings. The smallest absolute Gasteiger partial charge is 0.339 e. The number of benzene rings is 3. The maximum atomic E-state index is 13.1. The van der Waals surface area contributed by atoms with Gasteiger partial charge < -0.3 is 14.5 Å². The molecule has 0 saturated carbocycles. The minimum absolute atomic E-state index is 0.127. The Balaban J connectivity index is 1.51. The average Bonchev–Trinajstić information content (AvgIpc) is 3.27. The van der Waals surface area contributed by atoms with Crippen LogP contribution < -0.4 is 9.80 Å². The number of fused-ring (bicyclic) bond motifs is 1. The minimum atomic E-state index is -0.983. The highest BCUT2D eigenvalue weighted by Crippen LogP contribution is 2.28. The van der Waals surface area contributed by atoms with Crippen molar-refractivity contribution in [3.63, 3.8) is 0 Å². The van der Waals surface area contributed by atoms with Gasteiger partial charge in [0.1, 0.15) is 0 Å². The van der Waals surface area contributed by atoms with Crippen LogP contribution in [-0.4, -0.2) is 37.5 Å². The van der Waals surface area contributed by atoms with E-state index < -0.39 is 12.1 Å². The van der Waals surface area contributed by atoms with Gasteiger partial charge in [-0.3, -0.25) is 9.59 Å². The first-order valence-electron chi connectivity index (χ1n) is 10.5. The first-order chi connectivity index (χ1) is 15.5. The Hall–Kier alpha value is -3.93. The van der Waals surface area contributed by atoms with E-state index in [4.69, 9.17) is 4.74 Å². The molecule has 0 saturated heterocycles. The molecule has 2 amide bonds. The van der Waals surface area contributed by atoms with Crippen LogP contribution >= 0.6 is 0 Å². The van der Waals surface area contributed by atoms with Crippen LogP contribution in [0.3, 0.4) is 0 Å². The van der Waals surface area contributed by atoms with Gasteiger partial charge in [-0.2, -0.15) is 0 Å². The number of anilines is 2. The normalized spacial score (nSPS) is 13.2. The van der Waals surface area contributed by atoms with E-state index in [2.05, 4.69) is 0 Å². The fourth-order valence-electron chi connectivity index (χ4n) is 3.86. The second kappa shape index (κ2) is 9.06. The zero-order valence-corrected chi connectivity index (χ0v) is 18.0. The molecule has 3 aromatic carbocycles. The molecule has 6 heteroatoms.